The van der Waals surface area contributed by atoms with Gasteiger partial charge in [0.15, 0.2) is 0 Å². The van der Waals surface area contributed by atoms with Crippen LogP contribution in [0.5, 0.6) is 0 Å². The molecule has 5 rings (SSSR count). The van der Waals surface area contributed by atoms with Crippen molar-refractivity contribution >= 4 is 34.2 Å². The molecule has 3 unspecified atom stereocenters. The fraction of sp³-hybridized carbons (Fsp3) is 0.394. The van der Waals surface area contributed by atoms with Gasteiger partial charge in [-0.3, -0.25) is 19.2 Å². The molecule has 2 amide bonds. The van der Waals surface area contributed by atoms with Crippen LogP contribution < -0.4 is 16.6 Å². The number of nitrogens with zero attached hydrogens (tertiary/aromatic N) is 1. The Labute approximate surface area is 251 Å². The summed E-state index contributed by atoms with van der Waals surface area (Å²) in [6, 6.07) is 14.8. The first-order valence-corrected chi connectivity index (χ1v) is 14.7. The predicted molar refractivity (Wildman–Crippen MR) is 166 cm³/mol. The Hall–Kier alpha value is -4.47. The van der Waals surface area contributed by atoms with E-state index >= 15 is 0 Å². The van der Waals surface area contributed by atoms with Crippen molar-refractivity contribution < 1.29 is 23.9 Å². The van der Waals surface area contributed by atoms with E-state index in [1.165, 1.54) is 36.3 Å². The molecule has 9 nitrogen and oxygen atoms in total. The number of nitrogens with two attached hydrogens (primary N) is 1. The van der Waals surface area contributed by atoms with E-state index in [2.05, 4.69) is 29.4 Å². The summed E-state index contributed by atoms with van der Waals surface area (Å²) < 4.78 is 13.0. The number of pyridine rings is 1. The minimum atomic E-state index is -0.636. The highest BCUT2D eigenvalue weighted by Gasteiger charge is 2.40. The van der Waals surface area contributed by atoms with E-state index in [0.29, 0.717) is 24.6 Å². The molecular weight excluding hydrogens is 551 g/mol. The van der Waals surface area contributed by atoms with E-state index < -0.39 is 17.9 Å². The molecule has 2 fully saturated rings. The van der Waals surface area contributed by atoms with Gasteiger partial charge in [-0.1, -0.05) is 56.2 Å². The van der Waals surface area contributed by atoms with Crippen LogP contribution in [0.4, 0.5) is 10.1 Å². The molecule has 2 aromatic carbocycles. The lowest BCUT2D eigenvalue weighted by atomic mass is 10.2. The molecule has 2 aliphatic rings. The number of fused-ring (bicyclic) bond motifs is 1. The van der Waals surface area contributed by atoms with Gasteiger partial charge in [0.05, 0.1) is 12.5 Å². The number of aromatic amines is 1. The number of carbonyl (C=O) groups excluding carboxylic acids is 2. The number of H-pyrrole nitrogens is 1. The second-order valence-corrected chi connectivity index (χ2v) is 10.7. The Kier molecular flexibility index (Phi) is 12.9. The predicted octanol–water partition coefficient (Wildman–Crippen LogP) is 5.09. The van der Waals surface area contributed by atoms with Gasteiger partial charge in [-0.05, 0) is 73.7 Å². The summed E-state index contributed by atoms with van der Waals surface area (Å²) in [7, 11) is 0. The summed E-state index contributed by atoms with van der Waals surface area (Å²) in [4.78, 5) is 48.9. The van der Waals surface area contributed by atoms with Crippen molar-refractivity contribution in [2.24, 2.45) is 17.6 Å². The monoisotopic (exact) mass is 592 g/mol. The van der Waals surface area contributed by atoms with Crippen LogP contribution in [0, 0.1) is 17.7 Å². The maximum Gasteiger partial charge on any atom is 0.307 e. The minimum absolute atomic E-state index is 0.0211. The van der Waals surface area contributed by atoms with Gasteiger partial charge in [0.2, 0.25) is 11.8 Å². The molecule has 0 radical (unpaired) electrons. The lowest BCUT2D eigenvalue weighted by Crippen LogP contribution is -2.45. The van der Waals surface area contributed by atoms with Gasteiger partial charge >= 0.3 is 5.97 Å². The normalized spacial score (nSPS) is 18.7. The van der Waals surface area contributed by atoms with E-state index in [9.17, 15) is 23.6 Å². The van der Waals surface area contributed by atoms with E-state index in [4.69, 9.17) is 10.8 Å². The van der Waals surface area contributed by atoms with Crippen molar-refractivity contribution in [2.45, 2.75) is 57.9 Å². The third kappa shape index (κ3) is 10.7. The molecule has 1 saturated heterocycles. The summed E-state index contributed by atoms with van der Waals surface area (Å²) >= 11 is 0. The molecular formula is C33H41FN4O5. The third-order valence-corrected chi connectivity index (χ3v) is 7.37. The number of unbranched alkanes of at least 4 members (excludes halogenated alkanes) is 3. The molecule has 1 aliphatic carbocycles. The summed E-state index contributed by atoms with van der Waals surface area (Å²) in [5.41, 5.74) is 5.76. The Morgan fingerprint density at radius 1 is 1.14 bits per heavy atom. The van der Waals surface area contributed by atoms with Crippen LogP contribution in [0.3, 0.4) is 0 Å². The number of carbonyl (C=O) groups is 3. The van der Waals surface area contributed by atoms with Crippen molar-refractivity contribution in [2.75, 3.05) is 18.4 Å². The maximum absolute atomic E-state index is 13.0. The van der Waals surface area contributed by atoms with Gasteiger partial charge < -0.3 is 26.0 Å². The van der Waals surface area contributed by atoms with Crippen molar-refractivity contribution in [1.29, 1.82) is 0 Å². The first-order chi connectivity index (χ1) is 20.7. The molecule has 2 heterocycles. The SMILES string of the molecule is CCCCC/C=C\C1CC1C(=O)O.NC(=O)C1CCCN1C(=O)CNc1cccc(F)c1.O=c1[nH]ccc2ccccc12. The average Bonchev–Trinajstić information content (AvgIpc) is 3.60. The number of halogens is 1. The molecule has 230 valence electrons. The Morgan fingerprint density at radius 3 is 2.60 bits per heavy atom. The summed E-state index contributed by atoms with van der Waals surface area (Å²) in [5, 5.41) is 13.2. The van der Waals surface area contributed by atoms with E-state index in [-0.39, 0.29) is 29.7 Å². The number of amides is 2. The molecule has 1 aliphatic heterocycles. The fourth-order valence-electron chi connectivity index (χ4n) is 4.87. The number of benzene rings is 2. The first-order valence-electron chi connectivity index (χ1n) is 14.7. The van der Waals surface area contributed by atoms with Crippen LogP contribution in [-0.2, 0) is 14.4 Å². The van der Waals surface area contributed by atoms with Crippen molar-refractivity contribution in [3.05, 3.63) is 89.1 Å². The van der Waals surface area contributed by atoms with Gasteiger partial charge in [0.1, 0.15) is 11.9 Å². The van der Waals surface area contributed by atoms with Crippen molar-refractivity contribution in [3.8, 4) is 0 Å². The zero-order valence-electron chi connectivity index (χ0n) is 24.5. The third-order valence-electron chi connectivity index (χ3n) is 7.37. The molecule has 5 N–H and O–H groups in total. The molecule has 1 aromatic heterocycles. The summed E-state index contributed by atoms with van der Waals surface area (Å²) in [5.74, 6) is -1.43. The Morgan fingerprint density at radius 2 is 1.93 bits per heavy atom. The van der Waals surface area contributed by atoms with Crippen LogP contribution in [0.2, 0.25) is 0 Å². The molecule has 0 spiro atoms. The molecule has 3 atom stereocenters. The van der Waals surface area contributed by atoms with Crippen molar-refractivity contribution in [1.82, 2.24) is 9.88 Å². The van der Waals surface area contributed by atoms with Crippen LogP contribution in [0.15, 0.2) is 77.7 Å². The largest absolute Gasteiger partial charge is 0.481 e. The number of hydrogen-bond donors (Lipinski definition) is 4. The molecule has 1 saturated carbocycles. The second kappa shape index (κ2) is 16.8. The van der Waals surface area contributed by atoms with E-state index in [0.717, 1.165) is 30.0 Å². The number of carboxylic acids is 1. The van der Waals surface area contributed by atoms with Crippen LogP contribution >= 0.6 is 0 Å². The van der Waals surface area contributed by atoms with Crippen molar-refractivity contribution in [3.63, 3.8) is 0 Å². The topological polar surface area (TPSA) is 146 Å². The Balaban J connectivity index is 0.000000185. The number of aromatic nitrogens is 1. The van der Waals surface area contributed by atoms with E-state index in [1.54, 1.807) is 18.3 Å². The van der Waals surface area contributed by atoms with Gasteiger partial charge in [0, 0.05) is 23.8 Å². The average molecular weight is 593 g/mol. The van der Waals surface area contributed by atoms with Gasteiger partial charge in [0.25, 0.3) is 5.56 Å². The highest BCUT2D eigenvalue weighted by atomic mass is 19.1. The summed E-state index contributed by atoms with van der Waals surface area (Å²) in [6.07, 6.45) is 13.0. The molecule has 0 bridgehead atoms. The minimum Gasteiger partial charge on any atom is -0.481 e. The van der Waals surface area contributed by atoms with Crippen LogP contribution in [0.1, 0.15) is 51.9 Å². The van der Waals surface area contributed by atoms with Gasteiger partial charge in [-0.25, -0.2) is 4.39 Å². The molecule has 43 heavy (non-hydrogen) atoms. The zero-order chi connectivity index (χ0) is 31.2. The highest BCUT2D eigenvalue weighted by Crippen LogP contribution is 2.39. The first kappa shape index (κ1) is 33.0. The number of allylic oxidation sites excluding steroid dienone is 2. The second-order valence-electron chi connectivity index (χ2n) is 10.7. The van der Waals surface area contributed by atoms with Gasteiger partial charge in [-0.2, -0.15) is 0 Å². The number of aliphatic carboxylic acids is 1. The van der Waals surface area contributed by atoms with Gasteiger partial charge in [-0.15, -0.1) is 0 Å². The zero-order valence-corrected chi connectivity index (χ0v) is 24.5. The number of nitrogens with one attached hydrogen (secondary N) is 2. The molecule has 10 heteroatoms. The standard InChI is InChI=1S/C13H16FN3O2.C11H18O2.C9H7NO/c14-9-3-1-4-10(7-9)16-8-12(18)17-6-2-5-11(17)13(15)19;1-2-3-4-5-6-7-9-8-10(9)11(12)13;11-9-8-4-2-1-3-7(8)5-6-10-9/h1,3-4,7,11,16H,2,5-6,8H2,(H2,15,19);6-7,9-10H,2-5,8H2,1H3,(H,12,13);1-6H,(H,10,11)/b;7-6-;. The number of likely N-dealkylation sites (tertiary alicyclic amines) is 1. The van der Waals surface area contributed by atoms with Crippen LogP contribution in [0.25, 0.3) is 10.8 Å². The fourth-order valence-corrected chi connectivity index (χ4v) is 4.87. The Bertz CT molecular complexity index is 1450. The molecule has 3 aromatic rings. The highest BCUT2D eigenvalue weighted by molar-refractivity contribution is 5.89. The quantitative estimate of drug-likeness (QED) is 0.191. The maximum atomic E-state index is 13.0. The smallest absolute Gasteiger partial charge is 0.307 e. The van der Waals surface area contributed by atoms with E-state index in [1.807, 2.05) is 30.3 Å². The number of anilines is 1. The number of primary amides is 1. The number of carboxylic acid groups (broad SMARTS) is 1. The van der Waals surface area contributed by atoms with Crippen LogP contribution in [-0.4, -0.2) is 51.9 Å². The lowest BCUT2D eigenvalue weighted by molar-refractivity contribution is -0.138. The lowest BCUT2D eigenvalue weighted by Gasteiger charge is -2.22. The number of rotatable bonds is 10. The number of hydrogen-bond acceptors (Lipinski definition) is 5. The summed E-state index contributed by atoms with van der Waals surface area (Å²) in [6.45, 7) is 2.75.